The Hall–Kier alpha value is -2.87. The third-order valence-corrected chi connectivity index (χ3v) is 4.55. The number of amides is 1. The molecule has 1 aromatic carbocycles. The molecular formula is C18H21N5O3. The van der Waals surface area contributed by atoms with E-state index in [0.717, 1.165) is 43.2 Å². The van der Waals surface area contributed by atoms with Crippen LogP contribution in [0.3, 0.4) is 0 Å². The van der Waals surface area contributed by atoms with Crippen LogP contribution in [0.1, 0.15) is 16.1 Å². The fraction of sp³-hybridized carbons (Fsp3) is 0.389. The number of hydrogen-bond donors (Lipinski definition) is 1. The van der Waals surface area contributed by atoms with Crippen LogP contribution in [-0.4, -0.2) is 65.7 Å². The fourth-order valence-electron chi connectivity index (χ4n) is 2.97. The molecule has 2 aliphatic rings. The number of piperazine rings is 1. The Morgan fingerprint density at radius 3 is 2.81 bits per heavy atom. The minimum atomic E-state index is -0.0494. The van der Waals surface area contributed by atoms with Gasteiger partial charge in [-0.2, -0.15) is 0 Å². The summed E-state index contributed by atoms with van der Waals surface area (Å²) in [5, 5.41) is 3.16. The highest BCUT2D eigenvalue weighted by molar-refractivity contribution is 5.92. The minimum Gasteiger partial charge on any atom is -0.454 e. The summed E-state index contributed by atoms with van der Waals surface area (Å²) >= 11 is 0. The molecule has 0 atom stereocenters. The fourth-order valence-corrected chi connectivity index (χ4v) is 2.97. The third kappa shape index (κ3) is 3.55. The number of nitrogens with zero attached hydrogens (tertiary/aromatic N) is 4. The summed E-state index contributed by atoms with van der Waals surface area (Å²) in [6.45, 7) is 3.99. The lowest BCUT2D eigenvalue weighted by Crippen LogP contribution is -2.47. The zero-order valence-corrected chi connectivity index (χ0v) is 14.6. The Morgan fingerprint density at radius 1 is 1.15 bits per heavy atom. The Kier molecular flexibility index (Phi) is 4.57. The molecule has 0 aliphatic carbocycles. The van der Waals surface area contributed by atoms with E-state index in [1.54, 1.807) is 12.3 Å². The molecule has 1 saturated heterocycles. The molecule has 26 heavy (non-hydrogen) atoms. The van der Waals surface area contributed by atoms with E-state index in [-0.39, 0.29) is 12.7 Å². The number of aromatic nitrogens is 2. The maximum Gasteiger partial charge on any atom is 0.272 e. The molecule has 0 spiro atoms. The lowest BCUT2D eigenvalue weighted by atomic mass is 10.2. The number of benzene rings is 1. The van der Waals surface area contributed by atoms with E-state index in [9.17, 15) is 4.79 Å². The highest BCUT2D eigenvalue weighted by Gasteiger charge is 2.21. The van der Waals surface area contributed by atoms with Gasteiger partial charge in [0.15, 0.2) is 11.5 Å². The standard InChI is InChI=1S/C18H21N5O3/c1-22-6-8-23(9-7-22)17(24)14-4-5-19-18(21-14)20-11-13-2-3-15-16(10-13)26-12-25-15/h2-5,10H,6-9,11-12H2,1H3,(H,19,20,21). The van der Waals surface area contributed by atoms with Crippen LogP contribution >= 0.6 is 0 Å². The van der Waals surface area contributed by atoms with Crippen molar-refractivity contribution in [3.63, 3.8) is 0 Å². The van der Waals surface area contributed by atoms with Gasteiger partial charge >= 0.3 is 0 Å². The second-order valence-electron chi connectivity index (χ2n) is 6.40. The van der Waals surface area contributed by atoms with Crippen LogP contribution in [-0.2, 0) is 6.54 Å². The molecule has 1 amide bonds. The van der Waals surface area contributed by atoms with E-state index in [0.29, 0.717) is 18.2 Å². The Labute approximate surface area is 151 Å². The number of likely N-dealkylation sites (N-methyl/N-ethyl adjacent to an activating group) is 1. The number of hydrogen-bond acceptors (Lipinski definition) is 7. The van der Waals surface area contributed by atoms with Crippen molar-refractivity contribution < 1.29 is 14.3 Å². The Bertz CT molecular complexity index is 805. The second-order valence-corrected chi connectivity index (χ2v) is 6.40. The maximum atomic E-state index is 12.6. The first kappa shape index (κ1) is 16.6. The molecule has 0 unspecified atom stereocenters. The maximum absolute atomic E-state index is 12.6. The zero-order valence-electron chi connectivity index (χ0n) is 14.6. The summed E-state index contributed by atoms with van der Waals surface area (Å²) in [4.78, 5) is 25.2. The van der Waals surface area contributed by atoms with Crippen LogP contribution in [0, 0.1) is 0 Å². The van der Waals surface area contributed by atoms with Gasteiger partial charge in [0.25, 0.3) is 5.91 Å². The van der Waals surface area contributed by atoms with Gasteiger partial charge in [0.05, 0.1) is 0 Å². The first-order valence-corrected chi connectivity index (χ1v) is 8.62. The van der Waals surface area contributed by atoms with Crippen molar-refractivity contribution >= 4 is 11.9 Å². The summed E-state index contributed by atoms with van der Waals surface area (Å²) in [5.74, 6) is 1.88. The van der Waals surface area contributed by atoms with Crippen molar-refractivity contribution in [3.05, 3.63) is 41.7 Å². The summed E-state index contributed by atoms with van der Waals surface area (Å²) in [6, 6.07) is 7.42. The van der Waals surface area contributed by atoms with Crippen molar-refractivity contribution in [3.8, 4) is 11.5 Å². The van der Waals surface area contributed by atoms with Crippen LogP contribution in [0.15, 0.2) is 30.5 Å². The van der Waals surface area contributed by atoms with Crippen molar-refractivity contribution in [2.75, 3.05) is 45.3 Å². The largest absolute Gasteiger partial charge is 0.454 e. The number of anilines is 1. The molecule has 0 saturated carbocycles. The average molecular weight is 355 g/mol. The smallest absolute Gasteiger partial charge is 0.272 e. The summed E-state index contributed by atoms with van der Waals surface area (Å²) < 4.78 is 10.7. The van der Waals surface area contributed by atoms with Gasteiger partial charge in [-0.25, -0.2) is 9.97 Å². The van der Waals surface area contributed by atoms with Gasteiger partial charge in [-0.3, -0.25) is 4.79 Å². The lowest BCUT2D eigenvalue weighted by molar-refractivity contribution is 0.0658. The normalized spacial score (nSPS) is 16.6. The summed E-state index contributed by atoms with van der Waals surface area (Å²) in [6.07, 6.45) is 1.61. The highest BCUT2D eigenvalue weighted by atomic mass is 16.7. The first-order chi connectivity index (χ1) is 12.7. The molecule has 8 heteroatoms. The molecule has 0 bridgehead atoms. The van der Waals surface area contributed by atoms with Crippen molar-refractivity contribution in [2.24, 2.45) is 0 Å². The van der Waals surface area contributed by atoms with Gasteiger partial charge in [-0.1, -0.05) is 6.07 Å². The van der Waals surface area contributed by atoms with Crippen molar-refractivity contribution in [1.29, 1.82) is 0 Å². The van der Waals surface area contributed by atoms with E-state index >= 15 is 0 Å². The van der Waals surface area contributed by atoms with Crippen molar-refractivity contribution in [2.45, 2.75) is 6.54 Å². The Balaban J connectivity index is 1.40. The third-order valence-electron chi connectivity index (χ3n) is 4.55. The van der Waals surface area contributed by atoms with Crippen molar-refractivity contribution in [1.82, 2.24) is 19.8 Å². The number of rotatable bonds is 4. The molecule has 136 valence electrons. The molecule has 8 nitrogen and oxygen atoms in total. The van der Waals surface area contributed by atoms with Crippen LogP contribution in [0.5, 0.6) is 11.5 Å². The summed E-state index contributed by atoms with van der Waals surface area (Å²) in [5.41, 5.74) is 1.44. The molecular weight excluding hydrogens is 334 g/mol. The van der Waals surface area contributed by atoms with E-state index in [1.165, 1.54) is 0 Å². The Morgan fingerprint density at radius 2 is 1.96 bits per heavy atom. The van der Waals surface area contributed by atoms with E-state index in [1.807, 2.05) is 23.1 Å². The number of carbonyl (C=O) groups excluding carboxylic acids is 1. The van der Waals surface area contributed by atoms with Gasteiger partial charge in [0, 0.05) is 38.9 Å². The molecule has 1 fully saturated rings. The molecule has 2 aliphatic heterocycles. The predicted octanol–water partition coefficient (Wildman–Crippen LogP) is 1.20. The molecule has 1 N–H and O–H groups in total. The van der Waals surface area contributed by atoms with Crippen LogP contribution in [0.25, 0.3) is 0 Å². The zero-order chi connectivity index (χ0) is 17.9. The number of fused-ring (bicyclic) bond motifs is 1. The van der Waals surface area contributed by atoms with Crippen LogP contribution in [0.4, 0.5) is 5.95 Å². The SMILES string of the molecule is CN1CCN(C(=O)c2ccnc(NCc3ccc4c(c3)OCO4)n2)CC1. The van der Waals surface area contributed by atoms with Gasteiger partial charge < -0.3 is 24.6 Å². The average Bonchev–Trinajstić information content (AvgIpc) is 3.14. The number of carbonyl (C=O) groups is 1. The minimum absolute atomic E-state index is 0.0494. The highest BCUT2D eigenvalue weighted by Crippen LogP contribution is 2.32. The van der Waals surface area contributed by atoms with Gasteiger partial charge in [0.2, 0.25) is 12.7 Å². The van der Waals surface area contributed by atoms with Crippen LogP contribution in [0.2, 0.25) is 0 Å². The lowest BCUT2D eigenvalue weighted by Gasteiger charge is -2.32. The van der Waals surface area contributed by atoms with Crippen LogP contribution < -0.4 is 14.8 Å². The quantitative estimate of drug-likeness (QED) is 0.883. The molecule has 0 radical (unpaired) electrons. The second kappa shape index (κ2) is 7.17. The van der Waals surface area contributed by atoms with E-state index in [2.05, 4.69) is 27.2 Å². The van der Waals surface area contributed by atoms with Gasteiger partial charge in [-0.05, 0) is 30.8 Å². The summed E-state index contributed by atoms with van der Waals surface area (Å²) in [7, 11) is 2.06. The van der Waals surface area contributed by atoms with E-state index in [4.69, 9.17) is 9.47 Å². The van der Waals surface area contributed by atoms with Gasteiger partial charge in [0.1, 0.15) is 5.69 Å². The topological polar surface area (TPSA) is 79.8 Å². The number of nitrogens with one attached hydrogen (secondary N) is 1. The molecule has 3 heterocycles. The van der Waals surface area contributed by atoms with E-state index < -0.39 is 0 Å². The predicted molar refractivity (Wildman–Crippen MR) is 95.3 cm³/mol. The number of ether oxygens (including phenoxy) is 2. The molecule has 1 aromatic heterocycles. The monoisotopic (exact) mass is 355 g/mol. The molecule has 2 aromatic rings. The first-order valence-electron chi connectivity index (χ1n) is 8.62. The van der Waals surface area contributed by atoms with Gasteiger partial charge in [-0.15, -0.1) is 0 Å². The molecule has 4 rings (SSSR count).